The fourth-order valence-electron chi connectivity index (χ4n) is 5.25. The minimum atomic E-state index is 0. The second-order valence-corrected chi connectivity index (χ2v) is 10.0. The molecule has 0 bridgehead atoms. The number of nitrogens with zero attached hydrogens (tertiary/aromatic N) is 2. The first-order chi connectivity index (χ1) is 17.8. The summed E-state index contributed by atoms with van der Waals surface area (Å²) in [6.07, 6.45) is 19.0. The van der Waals surface area contributed by atoms with Crippen molar-refractivity contribution in [3.05, 3.63) is 121 Å². The number of hydrogen-bond donors (Lipinski definition) is 0. The van der Waals surface area contributed by atoms with Gasteiger partial charge in [0.2, 0.25) is 0 Å². The highest BCUT2D eigenvalue weighted by Crippen LogP contribution is 2.17. The van der Waals surface area contributed by atoms with Crippen LogP contribution in [0.4, 0.5) is 0 Å². The molecule has 0 fully saturated rings. The van der Waals surface area contributed by atoms with E-state index in [1.54, 1.807) is 11.1 Å². The summed E-state index contributed by atoms with van der Waals surface area (Å²) in [5.74, 6) is 0. The van der Waals surface area contributed by atoms with Gasteiger partial charge in [-0.25, -0.2) is 9.13 Å². The summed E-state index contributed by atoms with van der Waals surface area (Å²) < 4.78 is 4.68. The van der Waals surface area contributed by atoms with Crippen molar-refractivity contribution in [2.45, 2.75) is 64.5 Å². The van der Waals surface area contributed by atoms with Gasteiger partial charge in [0.25, 0.3) is 0 Å². The number of fused-ring (bicyclic) bond motifs is 2. The Bertz CT molecular complexity index is 1310. The lowest BCUT2D eigenvalue weighted by Gasteiger charge is -2.09. The van der Waals surface area contributed by atoms with Crippen LogP contribution < -0.4 is 43.1 Å². The average Bonchev–Trinajstić information content (AvgIpc) is 2.93. The zero-order valence-corrected chi connectivity index (χ0v) is 25.3. The first kappa shape index (κ1) is 30.0. The predicted molar refractivity (Wildman–Crippen MR) is 150 cm³/mol. The zero-order chi connectivity index (χ0) is 24.4. The average molecular weight is 635 g/mol. The normalized spacial score (nSPS) is 10.7. The molecular formula is C34H38Br2N2. The highest BCUT2D eigenvalue weighted by atomic mass is 79.9. The summed E-state index contributed by atoms with van der Waals surface area (Å²) in [6.45, 7) is 2.20. The maximum atomic E-state index is 2.35. The lowest BCUT2D eigenvalue weighted by Crippen LogP contribution is -3.00. The fourth-order valence-corrected chi connectivity index (χ4v) is 5.25. The fraction of sp³-hybridized carbons (Fsp3) is 0.294. The summed E-state index contributed by atoms with van der Waals surface area (Å²) in [7, 11) is 0. The van der Waals surface area contributed by atoms with Gasteiger partial charge in [0.1, 0.15) is 13.1 Å². The first-order valence-electron chi connectivity index (χ1n) is 13.7. The third-order valence-corrected chi connectivity index (χ3v) is 7.34. The van der Waals surface area contributed by atoms with Gasteiger partial charge in [-0.1, -0.05) is 60.7 Å². The van der Waals surface area contributed by atoms with Crippen molar-refractivity contribution in [1.29, 1.82) is 0 Å². The molecule has 2 aromatic heterocycles. The van der Waals surface area contributed by atoms with Gasteiger partial charge in [-0.05, 0) is 72.6 Å². The number of aromatic nitrogens is 2. The Morgan fingerprint density at radius 2 is 0.789 bits per heavy atom. The third-order valence-electron chi connectivity index (χ3n) is 7.34. The maximum absolute atomic E-state index is 2.35. The van der Waals surface area contributed by atoms with E-state index < -0.39 is 0 Å². The highest BCUT2D eigenvalue weighted by Gasteiger charge is 2.06. The van der Waals surface area contributed by atoms with Crippen LogP contribution in [-0.2, 0) is 25.9 Å². The van der Waals surface area contributed by atoms with Crippen LogP contribution in [0.3, 0.4) is 0 Å². The monoisotopic (exact) mass is 632 g/mol. The van der Waals surface area contributed by atoms with Crippen LogP contribution in [-0.4, -0.2) is 0 Å². The van der Waals surface area contributed by atoms with Gasteiger partial charge in [0, 0.05) is 35.7 Å². The van der Waals surface area contributed by atoms with Gasteiger partial charge in [-0.3, -0.25) is 0 Å². The van der Waals surface area contributed by atoms with Crippen LogP contribution in [0.25, 0.3) is 21.5 Å². The number of rotatable bonds is 12. The van der Waals surface area contributed by atoms with Gasteiger partial charge >= 0.3 is 0 Å². The molecule has 0 amide bonds. The number of benzene rings is 3. The van der Waals surface area contributed by atoms with Crippen LogP contribution in [0.2, 0.25) is 0 Å². The molecule has 0 saturated carbocycles. The van der Waals surface area contributed by atoms with Crippen molar-refractivity contribution in [3.63, 3.8) is 0 Å². The summed E-state index contributed by atoms with van der Waals surface area (Å²) in [4.78, 5) is 0. The second kappa shape index (κ2) is 15.8. The molecule has 0 unspecified atom stereocenters. The molecule has 3 aromatic carbocycles. The smallest absolute Gasteiger partial charge is 0.176 e. The molecule has 5 aromatic rings. The van der Waals surface area contributed by atoms with E-state index in [0.717, 1.165) is 13.1 Å². The van der Waals surface area contributed by atoms with Gasteiger partial charge < -0.3 is 34.0 Å². The number of halogens is 2. The predicted octanol–water partition coefficient (Wildman–Crippen LogP) is 1.40. The Balaban J connectivity index is 0.00000200. The lowest BCUT2D eigenvalue weighted by atomic mass is 9.97. The number of hydrogen-bond acceptors (Lipinski definition) is 0. The van der Waals surface area contributed by atoms with Crippen LogP contribution in [0.15, 0.2) is 110 Å². The summed E-state index contributed by atoms with van der Waals surface area (Å²) in [5, 5.41) is 5.28. The Morgan fingerprint density at radius 3 is 1.24 bits per heavy atom. The number of pyridine rings is 2. The number of aryl methyl sites for hydroxylation is 4. The van der Waals surface area contributed by atoms with Gasteiger partial charge in [0.15, 0.2) is 24.8 Å². The first-order valence-corrected chi connectivity index (χ1v) is 13.7. The van der Waals surface area contributed by atoms with E-state index in [0.29, 0.717) is 0 Å². The van der Waals surface area contributed by atoms with Crippen molar-refractivity contribution in [2.24, 2.45) is 0 Å². The molecule has 2 heterocycles. The molecule has 5 rings (SSSR count). The van der Waals surface area contributed by atoms with Crippen LogP contribution in [0.5, 0.6) is 0 Å². The summed E-state index contributed by atoms with van der Waals surface area (Å²) in [5.41, 5.74) is 3.11. The highest BCUT2D eigenvalue weighted by molar-refractivity contribution is 5.80. The molecular weight excluding hydrogens is 596 g/mol. The van der Waals surface area contributed by atoms with E-state index in [1.807, 2.05) is 0 Å². The maximum Gasteiger partial charge on any atom is 0.176 e. The molecule has 0 saturated heterocycles. The van der Waals surface area contributed by atoms with E-state index in [9.17, 15) is 0 Å². The summed E-state index contributed by atoms with van der Waals surface area (Å²) >= 11 is 0. The van der Waals surface area contributed by atoms with Crippen molar-refractivity contribution in [3.8, 4) is 0 Å². The zero-order valence-electron chi connectivity index (χ0n) is 22.1. The van der Waals surface area contributed by atoms with Crippen molar-refractivity contribution in [2.75, 3.05) is 0 Å². The van der Waals surface area contributed by atoms with E-state index >= 15 is 0 Å². The summed E-state index contributed by atoms with van der Waals surface area (Å²) in [6, 6.07) is 30.8. The largest absolute Gasteiger partial charge is 1.00 e. The molecule has 4 heteroatoms. The molecule has 0 atom stereocenters. The standard InChI is InChI=1S/C34H38N2.2BrH/c1(11-23-35-25-21-31-17-7-9-19-33(31)27-35)3-13-29-15-5-6-16-30(29)14-4-2-12-24-36-26-22-32-18-8-10-20-34(32)28-36;;/h5-10,15-22,25-28H,1-4,11-14,23-24H2;2*1H/q+2;;/p-2. The van der Waals surface area contributed by atoms with E-state index in [4.69, 9.17) is 0 Å². The van der Waals surface area contributed by atoms with Crippen LogP contribution >= 0.6 is 0 Å². The molecule has 0 spiro atoms. The Hall–Kier alpha value is -2.56. The van der Waals surface area contributed by atoms with E-state index in [1.165, 1.54) is 72.9 Å². The SMILES string of the molecule is [Br-].[Br-].c1ccc(CCCCC[n+]2ccc3ccccc3c2)c(CCCCC[n+]2ccc3ccccc3c2)c1. The topological polar surface area (TPSA) is 7.76 Å². The molecule has 0 radical (unpaired) electrons. The van der Waals surface area contributed by atoms with Crippen molar-refractivity contribution in [1.82, 2.24) is 0 Å². The van der Waals surface area contributed by atoms with Crippen LogP contribution in [0.1, 0.15) is 49.7 Å². The minimum Gasteiger partial charge on any atom is -1.00 e. The molecule has 0 N–H and O–H groups in total. The Kier molecular flexibility index (Phi) is 12.4. The molecule has 0 aliphatic rings. The second-order valence-electron chi connectivity index (χ2n) is 10.0. The van der Waals surface area contributed by atoms with Gasteiger partial charge in [0.05, 0.1) is 0 Å². The molecule has 198 valence electrons. The van der Waals surface area contributed by atoms with E-state index in [-0.39, 0.29) is 34.0 Å². The Labute approximate surface area is 248 Å². The quantitative estimate of drug-likeness (QED) is 0.145. The van der Waals surface area contributed by atoms with Gasteiger partial charge in [-0.15, -0.1) is 0 Å². The minimum absolute atomic E-state index is 0. The molecule has 2 nitrogen and oxygen atoms in total. The lowest BCUT2D eigenvalue weighted by molar-refractivity contribution is -0.696. The van der Waals surface area contributed by atoms with Crippen molar-refractivity contribution >= 4 is 21.5 Å². The van der Waals surface area contributed by atoms with Crippen molar-refractivity contribution < 1.29 is 43.1 Å². The Morgan fingerprint density at radius 1 is 0.395 bits per heavy atom. The van der Waals surface area contributed by atoms with Crippen LogP contribution in [0, 0.1) is 0 Å². The third kappa shape index (κ3) is 8.47. The number of unbranched alkanes of at least 4 members (excludes halogenated alkanes) is 4. The molecule has 0 aliphatic carbocycles. The molecule has 0 aliphatic heterocycles. The van der Waals surface area contributed by atoms with Gasteiger partial charge in [-0.2, -0.15) is 0 Å². The van der Waals surface area contributed by atoms with E-state index in [2.05, 4.69) is 119 Å². The molecule has 38 heavy (non-hydrogen) atoms.